The summed E-state index contributed by atoms with van der Waals surface area (Å²) in [5.74, 6) is 0.965. The van der Waals surface area contributed by atoms with Crippen LogP contribution >= 0.6 is 15.9 Å². The standard InChI is InChI=1S/C17H22BrNO3/c1-17(2,3)22-16(20)19-7-6-14(19)13-10-12(18)9-11-5-4-8-21-15(11)13/h9-10,14H,4-8H2,1-3H3. The van der Waals surface area contributed by atoms with Gasteiger partial charge >= 0.3 is 6.09 Å². The summed E-state index contributed by atoms with van der Waals surface area (Å²) < 4.78 is 12.4. The summed E-state index contributed by atoms with van der Waals surface area (Å²) >= 11 is 3.58. The lowest BCUT2D eigenvalue weighted by molar-refractivity contribution is -0.00626. The van der Waals surface area contributed by atoms with E-state index >= 15 is 0 Å². The molecule has 1 amide bonds. The van der Waals surface area contributed by atoms with Crippen LogP contribution in [0.15, 0.2) is 16.6 Å². The van der Waals surface area contributed by atoms with Gasteiger partial charge < -0.3 is 14.4 Å². The third-order valence-electron chi connectivity index (χ3n) is 4.00. The molecule has 120 valence electrons. The zero-order valence-corrected chi connectivity index (χ0v) is 14.9. The highest BCUT2D eigenvalue weighted by Crippen LogP contribution is 2.43. The number of halogens is 1. The highest BCUT2D eigenvalue weighted by atomic mass is 79.9. The number of aryl methyl sites for hydroxylation is 1. The molecule has 4 nitrogen and oxygen atoms in total. The predicted octanol–water partition coefficient (Wildman–Crippen LogP) is 4.46. The van der Waals surface area contributed by atoms with Gasteiger partial charge in [0, 0.05) is 16.6 Å². The van der Waals surface area contributed by atoms with Gasteiger partial charge in [-0.2, -0.15) is 0 Å². The zero-order chi connectivity index (χ0) is 15.9. The second kappa shape index (κ2) is 5.76. The van der Waals surface area contributed by atoms with E-state index in [9.17, 15) is 4.79 Å². The summed E-state index contributed by atoms with van der Waals surface area (Å²) in [6.07, 6.45) is 2.78. The van der Waals surface area contributed by atoms with Crippen LogP contribution in [-0.4, -0.2) is 29.7 Å². The Bertz CT molecular complexity index is 594. The minimum atomic E-state index is -0.468. The number of carbonyl (C=O) groups excluding carboxylic acids is 1. The van der Waals surface area contributed by atoms with E-state index in [2.05, 4.69) is 28.1 Å². The number of fused-ring (bicyclic) bond motifs is 1. The molecule has 1 unspecified atom stereocenters. The van der Waals surface area contributed by atoms with E-state index in [-0.39, 0.29) is 12.1 Å². The minimum Gasteiger partial charge on any atom is -0.493 e. The maximum absolute atomic E-state index is 12.3. The summed E-state index contributed by atoms with van der Waals surface area (Å²) in [4.78, 5) is 14.1. The normalized spacial score (nSPS) is 20.7. The Kier molecular flexibility index (Phi) is 4.10. The third-order valence-corrected chi connectivity index (χ3v) is 4.46. The molecule has 1 aromatic carbocycles. The Labute approximate surface area is 139 Å². The van der Waals surface area contributed by atoms with Crippen molar-refractivity contribution in [1.82, 2.24) is 4.90 Å². The third kappa shape index (κ3) is 3.09. The van der Waals surface area contributed by atoms with Crippen LogP contribution in [0, 0.1) is 0 Å². The number of benzene rings is 1. The van der Waals surface area contributed by atoms with Crippen LogP contribution in [-0.2, 0) is 11.2 Å². The van der Waals surface area contributed by atoms with E-state index in [4.69, 9.17) is 9.47 Å². The largest absolute Gasteiger partial charge is 0.493 e. The van der Waals surface area contributed by atoms with Crippen molar-refractivity contribution in [2.45, 2.75) is 51.7 Å². The smallest absolute Gasteiger partial charge is 0.410 e. The number of carbonyl (C=O) groups is 1. The van der Waals surface area contributed by atoms with Crippen molar-refractivity contribution in [2.24, 2.45) is 0 Å². The molecular formula is C17H22BrNO3. The number of hydrogen-bond donors (Lipinski definition) is 0. The molecule has 22 heavy (non-hydrogen) atoms. The number of ether oxygens (including phenoxy) is 2. The average molecular weight is 368 g/mol. The minimum absolute atomic E-state index is 0.0548. The molecule has 1 atom stereocenters. The predicted molar refractivity (Wildman–Crippen MR) is 88.3 cm³/mol. The summed E-state index contributed by atoms with van der Waals surface area (Å²) in [5.41, 5.74) is 1.86. The SMILES string of the molecule is CC(C)(C)OC(=O)N1CCC1c1cc(Br)cc2c1OCCC2. The topological polar surface area (TPSA) is 38.8 Å². The van der Waals surface area contributed by atoms with Gasteiger partial charge in [0.05, 0.1) is 12.6 Å². The molecule has 1 aromatic rings. The summed E-state index contributed by atoms with van der Waals surface area (Å²) in [6, 6.07) is 4.25. The van der Waals surface area contributed by atoms with Crippen LogP contribution in [0.1, 0.15) is 50.8 Å². The maximum Gasteiger partial charge on any atom is 0.410 e. The van der Waals surface area contributed by atoms with Crippen LogP contribution < -0.4 is 4.74 Å². The van der Waals surface area contributed by atoms with Gasteiger partial charge in [0.15, 0.2) is 0 Å². The number of hydrogen-bond acceptors (Lipinski definition) is 3. The number of amides is 1. The molecule has 0 bridgehead atoms. The van der Waals surface area contributed by atoms with Crippen molar-refractivity contribution in [2.75, 3.05) is 13.2 Å². The van der Waals surface area contributed by atoms with Crippen molar-refractivity contribution in [3.63, 3.8) is 0 Å². The number of rotatable bonds is 1. The van der Waals surface area contributed by atoms with Crippen molar-refractivity contribution in [3.05, 3.63) is 27.7 Å². The fraction of sp³-hybridized carbons (Fsp3) is 0.588. The van der Waals surface area contributed by atoms with E-state index in [1.165, 1.54) is 5.56 Å². The quantitative estimate of drug-likeness (QED) is 0.735. The van der Waals surface area contributed by atoms with Crippen LogP contribution in [0.2, 0.25) is 0 Å². The molecule has 1 fully saturated rings. The summed E-state index contributed by atoms with van der Waals surface area (Å²) in [7, 11) is 0. The summed E-state index contributed by atoms with van der Waals surface area (Å²) in [5, 5.41) is 0. The van der Waals surface area contributed by atoms with Crippen molar-refractivity contribution in [1.29, 1.82) is 0 Å². The second-order valence-corrected chi connectivity index (χ2v) is 7.83. The van der Waals surface area contributed by atoms with Crippen LogP contribution in [0.5, 0.6) is 5.75 Å². The van der Waals surface area contributed by atoms with Crippen molar-refractivity contribution < 1.29 is 14.3 Å². The Morgan fingerprint density at radius 2 is 2.18 bits per heavy atom. The fourth-order valence-electron chi connectivity index (χ4n) is 2.97. The number of nitrogens with zero attached hydrogens (tertiary/aromatic N) is 1. The molecule has 0 spiro atoms. The molecule has 5 heteroatoms. The molecule has 0 aliphatic carbocycles. The van der Waals surface area contributed by atoms with Gasteiger partial charge in [0.1, 0.15) is 11.4 Å². The monoisotopic (exact) mass is 367 g/mol. The van der Waals surface area contributed by atoms with Gasteiger partial charge in [-0.05, 0) is 57.7 Å². The van der Waals surface area contributed by atoms with Crippen LogP contribution in [0.25, 0.3) is 0 Å². The lowest BCUT2D eigenvalue weighted by Crippen LogP contribution is -2.47. The highest BCUT2D eigenvalue weighted by molar-refractivity contribution is 9.10. The maximum atomic E-state index is 12.3. The number of likely N-dealkylation sites (tertiary alicyclic amines) is 1. The van der Waals surface area contributed by atoms with Gasteiger partial charge in [0.2, 0.25) is 0 Å². The van der Waals surface area contributed by atoms with Gasteiger partial charge in [-0.25, -0.2) is 4.79 Å². The second-order valence-electron chi connectivity index (χ2n) is 6.91. The molecule has 3 rings (SSSR count). The van der Waals surface area contributed by atoms with Gasteiger partial charge in [-0.3, -0.25) is 0 Å². The summed E-state index contributed by atoms with van der Waals surface area (Å²) in [6.45, 7) is 7.17. The van der Waals surface area contributed by atoms with Crippen LogP contribution in [0.3, 0.4) is 0 Å². The van der Waals surface area contributed by atoms with E-state index in [0.29, 0.717) is 0 Å². The van der Waals surface area contributed by atoms with E-state index in [0.717, 1.165) is 48.2 Å². The Hall–Kier alpha value is -1.23. The van der Waals surface area contributed by atoms with E-state index < -0.39 is 5.60 Å². The molecule has 0 N–H and O–H groups in total. The van der Waals surface area contributed by atoms with Gasteiger partial charge in [0.25, 0.3) is 0 Å². The molecule has 0 aromatic heterocycles. The molecule has 0 saturated carbocycles. The zero-order valence-electron chi connectivity index (χ0n) is 13.3. The fourth-order valence-corrected chi connectivity index (χ4v) is 3.49. The van der Waals surface area contributed by atoms with E-state index in [1.807, 2.05) is 20.8 Å². The average Bonchev–Trinajstić information content (AvgIpc) is 2.34. The first-order chi connectivity index (χ1) is 10.3. The first-order valence-electron chi connectivity index (χ1n) is 7.80. The highest BCUT2D eigenvalue weighted by Gasteiger charge is 2.38. The molecule has 2 aliphatic heterocycles. The van der Waals surface area contributed by atoms with Gasteiger partial charge in [-0.1, -0.05) is 15.9 Å². The van der Waals surface area contributed by atoms with Crippen LogP contribution in [0.4, 0.5) is 4.79 Å². The Balaban J connectivity index is 1.85. The van der Waals surface area contributed by atoms with Crippen molar-refractivity contribution in [3.8, 4) is 5.75 Å². The van der Waals surface area contributed by atoms with Crippen molar-refractivity contribution >= 4 is 22.0 Å². The lowest BCUT2D eigenvalue weighted by Gasteiger charge is -2.42. The molecule has 1 saturated heterocycles. The molecule has 2 aliphatic rings. The molecule has 0 radical (unpaired) electrons. The molecular weight excluding hydrogens is 346 g/mol. The Morgan fingerprint density at radius 1 is 1.41 bits per heavy atom. The Morgan fingerprint density at radius 3 is 2.82 bits per heavy atom. The first-order valence-corrected chi connectivity index (χ1v) is 8.59. The first kappa shape index (κ1) is 15.7. The van der Waals surface area contributed by atoms with E-state index in [1.54, 1.807) is 4.90 Å². The lowest BCUT2D eigenvalue weighted by atomic mass is 9.91. The molecule has 2 heterocycles. The van der Waals surface area contributed by atoms with Gasteiger partial charge in [-0.15, -0.1) is 0 Å².